The van der Waals surface area contributed by atoms with Crippen LogP contribution in [0.25, 0.3) is 0 Å². The van der Waals surface area contributed by atoms with Crippen LogP contribution in [-0.2, 0) is 11.3 Å². The van der Waals surface area contributed by atoms with Crippen LogP contribution in [0.1, 0.15) is 19.4 Å². The van der Waals surface area contributed by atoms with E-state index in [2.05, 4.69) is 5.32 Å². The SMILES string of the molecule is CCOCC(C)Nc1cc(CO)ccc1Cl. The van der Waals surface area contributed by atoms with E-state index < -0.39 is 0 Å². The predicted octanol–water partition coefficient (Wildman–Crippen LogP) is 2.67. The molecule has 16 heavy (non-hydrogen) atoms. The molecule has 0 amide bonds. The van der Waals surface area contributed by atoms with Crippen LogP contribution in [0, 0.1) is 0 Å². The number of anilines is 1. The highest BCUT2D eigenvalue weighted by Crippen LogP contribution is 2.23. The van der Waals surface area contributed by atoms with Crippen LogP contribution in [0.2, 0.25) is 5.02 Å². The summed E-state index contributed by atoms with van der Waals surface area (Å²) >= 11 is 6.05. The Morgan fingerprint density at radius 3 is 2.88 bits per heavy atom. The average Bonchev–Trinajstić information content (AvgIpc) is 2.29. The standard InChI is InChI=1S/C12H18ClNO2/c1-3-16-8-9(2)14-12-6-10(7-15)4-5-11(12)13/h4-6,9,14-15H,3,7-8H2,1-2H3. The molecule has 0 fully saturated rings. The van der Waals surface area contributed by atoms with Gasteiger partial charge in [-0.15, -0.1) is 0 Å². The van der Waals surface area contributed by atoms with Crippen molar-refractivity contribution in [1.29, 1.82) is 0 Å². The van der Waals surface area contributed by atoms with Gasteiger partial charge in [0.25, 0.3) is 0 Å². The predicted molar refractivity (Wildman–Crippen MR) is 67.0 cm³/mol. The largest absolute Gasteiger partial charge is 0.392 e. The molecule has 0 heterocycles. The quantitative estimate of drug-likeness (QED) is 0.807. The first kappa shape index (κ1) is 13.3. The molecule has 1 unspecified atom stereocenters. The zero-order valence-electron chi connectivity index (χ0n) is 9.66. The number of halogens is 1. The van der Waals surface area contributed by atoms with E-state index in [0.717, 1.165) is 11.3 Å². The lowest BCUT2D eigenvalue weighted by Crippen LogP contribution is -2.21. The fourth-order valence-corrected chi connectivity index (χ4v) is 1.56. The minimum Gasteiger partial charge on any atom is -0.392 e. The van der Waals surface area contributed by atoms with Crippen LogP contribution in [0.3, 0.4) is 0 Å². The molecule has 0 aliphatic heterocycles. The van der Waals surface area contributed by atoms with Crippen molar-refractivity contribution >= 4 is 17.3 Å². The van der Waals surface area contributed by atoms with Crippen molar-refractivity contribution in [3.8, 4) is 0 Å². The summed E-state index contributed by atoms with van der Waals surface area (Å²) in [5.74, 6) is 0. The lowest BCUT2D eigenvalue weighted by molar-refractivity contribution is 0.141. The molecule has 0 radical (unpaired) electrons. The van der Waals surface area contributed by atoms with E-state index in [1.54, 1.807) is 12.1 Å². The summed E-state index contributed by atoms with van der Waals surface area (Å²) in [5, 5.41) is 12.9. The Kier molecular flexibility index (Phi) is 5.60. The third-order valence-electron chi connectivity index (χ3n) is 2.19. The highest BCUT2D eigenvalue weighted by atomic mass is 35.5. The average molecular weight is 244 g/mol. The van der Waals surface area contributed by atoms with Crippen molar-refractivity contribution in [2.75, 3.05) is 18.5 Å². The molecule has 4 heteroatoms. The van der Waals surface area contributed by atoms with E-state index in [1.807, 2.05) is 19.9 Å². The molecule has 0 saturated carbocycles. The Labute approximate surface area is 101 Å². The molecule has 1 aromatic rings. The second-order valence-electron chi connectivity index (χ2n) is 3.68. The number of benzene rings is 1. The third kappa shape index (κ3) is 4.00. The zero-order chi connectivity index (χ0) is 12.0. The molecule has 0 aliphatic carbocycles. The number of aliphatic hydroxyl groups excluding tert-OH is 1. The summed E-state index contributed by atoms with van der Waals surface area (Å²) in [6.07, 6.45) is 0. The first-order valence-electron chi connectivity index (χ1n) is 5.41. The molecule has 1 rings (SSSR count). The fraction of sp³-hybridized carbons (Fsp3) is 0.500. The summed E-state index contributed by atoms with van der Waals surface area (Å²) < 4.78 is 5.31. The summed E-state index contributed by atoms with van der Waals surface area (Å²) in [6.45, 7) is 5.35. The van der Waals surface area contributed by atoms with Crippen molar-refractivity contribution in [2.24, 2.45) is 0 Å². The van der Waals surface area contributed by atoms with Gasteiger partial charge in [0, 0.05) is 12.6 Å². The summed E-state index contributed by atoms with van der Waals surface area (Å²) in [7, 11) is 0. The molecule has 2 N–H and O–H groups in total. The maximum Gasteiger partial charge on any atom is 0.0682 e. The highest BCUT2D eigenvalue weighted by molar-refractivity contribution is 6.33. The Morgan fingerprint density at radius 2 is 2.25 bits per heavy atom. The van der Waals surface area contributed by atoms with Crippen molar-refractivity contribution in [1.82, 2.24) is 0 Å². The molecule has 0 saturated heterocycles. The van der Waals surface area contributed by atoms with Crippen molar-refractivity contribution < 1.29 is 9.84 Å². The smallest absolute Gasteiger partial charge is 0.0682 e. The van der Waals surface area contributed by atoms with E-state index in [1.165, 1.54) is 0 Å². The Hall–Kier alpha value is -0.770. The Bertz CT molecular complexity index is 331. The van der Waals surface area contributed by atoms with Crippen LogP contribution >= 0.6 is 11.6 Å². The third-order valence-corrected chi connectivity index (χ3v) is 2.52. The molecule has 3 nitrogen and oxygen atoms in total. The lowest BCUT2D eigenvalue weighted by atomic mass is 10.2. The first-order valence-corrected chi connectivity index (χ1v) is 5.78. The van der Waals surface area contributed by atoms with Crippen LogP contribution in [0.5, 0.6) is 0 Å². The van der Waals surface area contributed by atoms with Gasteiger partial charge < -0.3 is 15.2 Å². The summed E-state index contributed by atoms with van der Waals surface area (Å²) in [5.41, 5.74) is 1.68. The minimum absolute atomic E-state index is 0.0195. The molecule has 0 spiro atoms. The highest BCUT2D eigenvalue weighted by Gasteiger charge is 2.06. The van der Waals surface area contributed by atoms with Crippen LogP contribution < -0.4 is 5.32 Å². The number of hydrogen-bond acceptors (Lipinski definition) is 3. The van der Waals surface area contributed by atoms with E-state index in [4.69, 9.17) is 21.4 Å². The lowest BCUT2D eigenvalue weighted by Gasteiger charge is -2.16. The van der Waals surface area contributed by atoms with E-state index in [0.29, 0.717) is 18.2 Å². The van der Waals surface area contributed by atoms with E-state index >= 15 is 0 Å². The number of nitrogens with one attached hydrogen (secondary N) is 1. The van der Waals surface area contributed by atoms with Gasteiger partial charge >= 0.3 is 0 Å². The Balaban J connectivity index is 2.64. The molecule has 1 aromatic carbocycles. The van der Waals surface area contributed by atoms with Gasteiger partial charge in [-0.25, -0.2) is 0 Å². The normalized spacial score (nSPS) is 12.5. The fourth-order valence-electron chi connectivity index (χ4n) is 1.38. The molecule has 1 atom stereocenters. The van der Waals surface area contributed by atoms with Gasteiger partial charge in [-0.05, 0) is 31.5 Å². The van der Waals surface area contributed by atoms with Crippen molar-refractivity contribution in [2.45, 2.75) is 26.5 Å². The van der Waals surface area contributed by atoms with Gasteiger partial charge in [-0.1, -0.05) is 17.7 Å². The summed E-state index contributed by atoms with van der Waals surface area (Å²) in [4.78, 5) is 0. The van der Waals surface area contributed by atoms with Crippen molar-refractivity contribution in [3.05, 3.63) is 28.8 Å². The van der Waals surface area contributed by atoms with Crippen LogP contribution in [0.15, 0.2) is 18.2 Å². The topological polar surface area (TPSA) is 41.5 Å². The van der Waals surface area contributed by atoms with Crippen molar-refractivity contribution in [3.63, 3.8) is 0 Å². The van der Waals surface area contributed by atoms with Gasteiger partial charge in [-0.3, -0.25) is 0 Å². The van der Waals surface area contributed by atoms with E-state index in [9.17, 15) is 0 Å². The monoisotopic (exact) mass is 243 g/mol. The van der Waals surface area contributed by atoms with Gasteiger partial charge in [-0.2, -0.15) is 0 Å². The van der Waals surface area contributed by atoms with Gasteiger partial charge in [0.1, 0.15) is 0 Å². The Morgan fingerprint density at radius 1 is 1.50 bits per heavy atom. The number of hydrogen-bond donors (Lipinski definition) is 2. The van der Waals surface area contributed by atoms with Gasteiger partial charge in [0.15, 0.2) is 0 Å². The number of rotatable bonds is 6. The van der Waals surface area contributed by atoms with Crippen LogP contribution in [0.4, 0.5) is 5.69 Å². The molecule has 90 valence electrons. The summed E-state index contributed by atoms with van der Waals surface area (Å²) in [6, 6.07) is 5.63. The minimum atomic E-state index is 0.0195. The van der Waals surface area contributed by atoms with Gasteiger partial charge in [0.2, 0.25) is 0 Å². The molecule has 0 aromatic heterocycles. The molecular formula is C12H18ClNO2. The van der Waals surface area contributed by atoms with Gasteiger partial charge in [0.05, 0.1) is 23.9 Å². The molecule has 0 bridgehead atoms. The second kappa shape index (κ2) is 6.74. The first-order chi connectivity index (χ1) is 7.67. The van der Waals surface area contributed by atoms with E-state index in [-0.39, 0.29) is 12.6 Å². The number of aliphatic hydroxyl groups is 1. The molecule has 0 aliphatic rings. The second-order valence-corrected chi connectivity index (χ2v) is 4.08. The maximum atomic E-state index is 9.03. The molecular weight excluding hydrogens is 226 g/mol. The van der Waals surface area contributed by atoms with Crippen LogP contribution in [-0.4, -0.2) is 24.4 Å². The number of ether oxygens (including phenoxy) is 1. The zero-order valence-corrected chi connectivity index (χ0v) is 10.4. The maximum absolute atomic E-state index is 9.03.